The standard InChI is InChI=1S/C14H22FNO4/c1-10(17)9-11(18)14(15)5-7-16(8-6-14)12(19)20-13(2,3)4/h5-9H2,1-4H3. The van der Waals surface area contributed by atoms with Gasteiger partial charge in [-0.1, -0.05) is 0 Å². The highest BCUT2D eigenvalue weighted by molar-refractivity contribution is 6.02. The van der Waals surface area contributed by atoms with Crippen molar-refractivity contribution in [2.75, 3.05) is 13.1 Å². The van der Waals surface area contributed by atoms with E-state index >= 15 is 0 Å². The first-order valence-corrected chi connectivity index (χ1v) is 6.73. The topological polar surface area (TPSA) is 63.7 Å². The van der Waals surface area contributed by atoms with Gasteiger partial charge in [-0.2, -0.15) is 0 Å². The first-order chi connectivity index (χ1) is 9.03. The van der Waals surface area contributed by atoms with E-state index in [0.717, 1.165) is 0 Å². The molecule has 1 amide bonds. The number of rotatable bonds is 3. The van der Waals surface area contributed by atoms with Crippen molar-refractivity contribution in [1.29, 1.82) is 0 Å². The minimum absolute atomic E-state index is 0.0850. The van der Waals surface area contributed by atoms with Crippen LogP contribution >= 0.6 is 0 Å². The second-order valence-electron chi connectivity index (χ2n) is 6.23. The highest BCUT2D eigenvalue weighted by atomic mass is 19.1. The van der Waals surface area contributed by atoms with Crippen LogP contribution in [0.25, 0.3) is 0 Å². The highest BCUT2D eigenvalue weighted by Crippen LogP contribution is 2.29. The fourth-order valence-electron chi connectivity index (χ4n) is 2.03. The monoisotopic (exact) mass is 287 g/mol. The lowest BCUT2D eigenvalue weighted by Gasteiger charge is -2.36. The Labute approximate surface area is 118 Å². The Morgan fingerprint density at radius 2 is 1.70 bits per heavy atom. The number of carbonyl (C=O) groups excluding carboxylic acids is 3. The molecule has 0 spiro atoms. The Morgan fingerprint density at radius 3 is 2.10 bits per heavy atom. The van der Waals surface area contributed by atoms with E-state index in [-0.39, 0.29) is 38.1 Å². The van der Waals surface area contributed by atoms with Crippen molar-refractivity contribution < 1.29 is 23.5 Å². The van der Waals surface area contributed by atoms with Crippen molar-refractivity contribution in [3.05, 3.63) is 0 Å². The molecule has 1 rings (SSSR count). The summed E-state index contributed by atoms with van der Waals surface area (Å²) < 4.78 is 19.6. The zero-order chi connectivity index (χ0) is 15.6. The summed E-state index contributed by atoms with van der Waals surface area (Å²) in [4.78, 5) is 35.8. The lowest BCUT2D eigenvalue weighted by atomic mass is 9.87. The number of hydrogen-bond acceptors (Lipinski definition) is 4. The number of piperidine rings is 1. The van der Waals surface area contributed by atoms with Gasteiger partial charge in [0.1, 0.15) is 11.4 Å². The van der Waals surface area contributed by atoms with Crippen LogP contribution in [0.15, 0.2) is 0 Å². The van der Waals surface area contributed by atoms with Gasteiger partial charge >= 0.3 is 6.09 Å². The summed E-state index contributed by atoms with van der Waals surface area (Å²) >= 11 is 0. The summed E-state index contributed by atoms with van der Waals surface area (Å²) in [6, 6.07) is 0. The fourth-order valence-corrected chi connectivity index (χ4v) is 2.03. The number of ketones is 2. The number of halogens is 1. The largest absolute Gasteiger partial charge is 0.444 e. The van der Waals surface area contributed by atoms with Crippen LogP contribution in [0.3, 0.4) is 0 Å². The number of Topliss-reactive ketones (excluding diaryl/α,β-unsaturated/α-hetero) is 2. The summed E-state index contributed by atoms with van der Waals surface area (Å²) in [6.07, 6.45) is -1.06. The van der Waals surface area contributed by atoms with Crippen molar-refractivity contribution in [3.8, 4) is 0 Å². The normalized spacial score (nSPS) is 18.6. The third-order valence-corrected chi connectivity index (χ3v) is 3.12. The molecule has 0 N–H and O–H groups in total. The smallest absolute Gasteiger partial charge is 0.410 e. The lowest BCUT2D eigenvalue weighted by molar-refractivity contribution is -0.137. The average molecular weight is 287 g/mol. The van der Waals surface area contributed by atoms with Crippen molar-refractivity contribution in [3.63, 3.8) is 0 Å². The van der Waals surface area contributed by atoms with E-state index in [1.165, 1.54) is 11.8 Å². The molecule has 0 aliphatic carbocycles. The summed E-state index contributed by atoms with van der Waals surface area (Å²) in [5, 5.41) is 0. The minimum Gasteiger partial charge on any atom is -0.444 e. The molecule has 1 saturated heterocycles. The van der Waals surface area contributed by atoms with Crippen molar-refractivity contribution in [2.24, 2.45) is 0 Å². The Hall–Kier alpha value is -1.46. The molecule has 0 bridgehead atoms. The molecule has 0 aromatic carbocycles. The van der Waals surface area contributed by atoms with Crippen LogP contribution in [0.5, 0.6) is 0 Å². The summed E-state index contributed by atoms with van der Waals surface area (Å²) in [5.74, 6) is -1.03. The first-order valence-electron chi connectivity index (χ1n) is 6.73. The van der Waals surface area contributed by atoms with E-state index in [4.69, 9.17) is 4.74 Å². The van der Waals surface area contributed by atoms with Crippen LogP contribution in [-0.4, -0.2) is 46.9 Å². The van der Waals surface area contributed by atoms with Crippen molar-refractivity contribution in [2.45, 2.75) is 58.2 Å². The third kappa shape index (κ3) is 4.58. The molecule has 0 unspecified atom stereocenters. The van der Waals surface area contributed by atoms with E-state index < -0.39 is 23.1 Å². The number of hydrogen-bond donors (Lipinski definition) is 0. The Bertz CT molecular complexity index is 406. The van der Waals surface area contributed by atoms with Crippen molar-refractivity contribution >= 4 is 17.7 Å². The van der Waals surface area contributed by atoms with Crippen LogP contribution in [0.1, 0.15) is 47.0 Å². The number of likely N-dealkylation sites (tertiary alicyclic amines) is 1. The summed E-state index contributed by atoms with van der Waals surface area (Å²) in [7, 11) is 0. The van der Waals surface area contributed by atoms with E-state index in [9.17, 15) is 18.8 Å². The number of nitrogens with zero attached hydrogens (tertiary/aromatic N) is 1. The molecule has 1 aliphatic heterocycles. The predicted octanol–water partition coefficient (Wildman–Crippen LogP) is 2.27. The van der Waals surface area contributed by atoms with Crippen LogP contribution in [0.2, 0.25) is 0 Å². The Balaban J connectivity index is 2.56. The van der Waals surface area contributed by atoms with Crippen LogP contribution in [0, 0.1) is 0 Å². The first kappa shape index (κ1) is 16.6. The maximum atomic E-state index is 14.4. The van der Waals surface area contributed by atoms with Gasteiger partial charge in [0.2, 0.25) is 0 Å². The van der Waals surface area contributed by atoms with Gasteiger partial charge in [0.25, 0.3) is 0 Å². The molecular weight excluding hydrogens is 265 g/mol. The van der Waals surface area contributed by atoms with Gasteiger partial charge in [-0.25, -0.2) is 9.18 Å². The number of amides is 1. The second kappa shape index (κ2) is 5.89. The van der Waals surface area contributed by atoms with Gasteiger partial charge < -0.3 is 9.64 Å². The van der Waals surface area contributed by atoms with Crippen molar-refractivity contribution in [1.82, 2.24) is 4.90 Å². The Morgan fingerprint density at radius 1 is 1.20 bits per heavy atom. The second-order valence-corrected chi connectivity index (χ2v) is 6.23. The maximum Gasteiger partial charge on any atom is 0.410 e. The van der Waals surface area contributed by atoms with Gasteiger partial charge in [0.15, 0.2) is 11.5 Å². The highest BCUT2D eigenvalue weighted by Gasteiger charge is 2.43. The molecule has 6 heteroatoms. The van der Waals surface area contributed by atoms with Gasteiger partial charge in [0, 0.05) is 25.9 Å². The summed E-state index contributed by atoms with van der Waals surface area (Å²) in [5.41, 5.74) is -2.60. The van der Waals surface area contributed by atoms with Gasteiger partial charge in [-0.05, 0) is 27.7 Å². The molecule has 20 heavy (non-hydrogen) atoms. The molecule has 5 nitrogen and oxygen atoms in total. The molecule has 0 atom stereocenters. The Kier molecular flexibility index (Phi) is 4.89. The number of ether oxygens (including phenoxy) is 1. The summed E-state index contributed by atoms with van der Waals surface area (Å²) in [6.45, 7) is 6.77. The molecule has 0 saturated carbocycles. The molecule has 114 valence electrons. The molecule has 1 aliphatic rings. The molecule has 1 heterocycles. The quantitative estimate of drug-likeness (QED) is 0.747. The van der Waals surface area contributed by atoms with Crippen LogP contribution < -0.4 is 0 Å². The fraction of sp³-hybridized carbons (Fsp3) is 0.786. The molecular formula is C14H22FNO4. The zero-order valence-electron chi connectivity index (χ0n) is 12.5. The predicted molar refractivity (Wildman–Crippen MR) is 71.2 cm³/mol. The van der Waals surface area contributed by atoms with Gasteiger partial charge in [0.05, 0.1) is 6.42 Å². The van der Waals surface area contributed by atoms with Gasteiger partial charge in [-0.15, -0.1) is 0 Å². The molecule has 1 fully saturated rings. The number of carbonyl (C=O) groups is 3. The van der Waals surface area contributed by atoms with E-state index in [1.807, 2.05) is 0 Å². The van der Waals surface area contributed by atoms with E-state index in [0.29, 0.717) is 0 Å². The van der Waals surface area contributed by atoms with E-state index in [1.54, 1.807) is 20.8 Å². The third-order valence-electron chi connectivity index (χ3n) is 3.12. The average Bonchev–Trinajstić information content (AvgIpc) is 2.26. The zero-order valence-corrected chi connectivity index (χ0v) is 12.5. The lowest BCUT2D eigenvalue weighted by Crippen LogP contribution is -2.49. The minimum atomic E-state index is -2.00. The van der Waals surface area contributed by atoms with E-state index in [2.05, 4.69) is 0 Å². The van der Waals surface area contributed by atoms with Gasteiger partial charge in [-0.3, -0.25) is 9.59 Å². The van der Waals surface area contributed by atoms with Crippen LogP contribution in [-0.2, 0) is 14.3 Å². The van der Waals surface area contributed by atoms with Crippen LogP contribution in [0.4, 0.5) is 9.18 Å². The number of alkyl halides is 1. The maximum absolute atomic E-state index is 14.4. The molecule has 0 radical (unpaired) electrons. The molecule has 0 aromatic heterocycles. The molecule has 0 aromatic rings. The SMILES string of the molecule is CC(=O)CC(=O)C1(F)CCN(C(=O)OC(C)(C)C)CC1.